The van der Waals surface area contributed by atoms with Crippen LogP contribution < -0.4 is 0 Å². The zero-order chi connectivity index (χ0) is 16.2. The largest absolute Gasteiger partial charge is 0.454 e. The van der Waals surface area contributed by atoms with Crippen LogP contribution in [0.5, 0.6) is 0 Å². The normalized spacial score (nSPS) is 27.5. The van der Waals surface area contributed by atoms with Crippen molar-refractivity contribution >= 4 is 11.8 Å². The van der Waals surface area contributed by atoms with E-state index in [9.17, 15) is 19.8 Å². The average Bonchev–Trinajstić information content (AvgIpc) is 2.41. The van der Waals surface area contributed by atoms with Gasteiger partial charge in [0, 0.05) is 17.9 Å². The zero-order valence-corrected chi connectivity index (χ0v) is 13.2. The topological polar surface area (TPSA) is 83.8 Å². The van der Waals surface area contributed by atoms with Crippen LogP contribution in [0.3, 0.4) is 0 Å². The van der Waals surface area contributed by atoms with Gasteiger partial charge in [-0.25, -0.2) is 0 Å². The van der Waals surface area contributed by atoms with Gasteiger partial charge in [-0.3, -0.25) is 9.59 Å². The Balaban J connectivity index is 2.91. The minimum absolute atomic E-state index is 0.0261. The van der Waals surface area contributed by atoms with Crippen LogP contribution in [0.25, 0.3) is 0 Å². The van der Waals surface area contributed by atoms with Gasteiger partial charge in [0.05, 0.1) is 12.7 Å². The lowest BCUT2D eigenvalue weighted by Crippen LogP contribution is -2.47. The molecule has 5 nitrogen and oxygen atoms in total. The zero-order valence-electron chi connectivity index (χ0n) is 13.2. The van der Waals surface area contributed by atoms with Crippen molar-refractivity contribution in [2.75, 3.05) is 6.61 Å². The summed E-state index contributed by atoms with van der Waals surface area (Å²) >= 11 is 0. The van der Waals surface area contributed by atoms with Crippen molar-refractivity contribution in [1.29, 1.82) is 0 Å². The second-order valence-electron chi connectivity index (χ2n) is 6.15. The number of hydrogen-bond acceptors (Lipinski definition) is 5. The molecule has 1 rings (SSSR count). The number of rotatable bonds is 6. The van der Waals surface area contributed by atoms with Crippen molar-refractivity contribution in [2.24, 2.45) is 17.8 Å². The van der Waals surface area contributed by atoms with Crippen LogP contribution in [-0.4, -0.2) is 40.8 Å². The number of esters is 1. The Kier molecular flexibility index (Phi) is 6.55. The van der Waals surface area contributed by atoms with E-state index in [2.05, 4.69) is 0 Å². The van der Waals surface area contributed by atoms with Crippen LogP contribution >= 0.6 is 0 Å². The molecule has 0 aromatic heterocycles. The molecule has 0 bridgehead atoms. The van der Waals surface area contributed by atoms with Crippen LogP contribution in [-0.2, 0) is 14.3 Å². The van der Waals surface area contributed by atoms with Gasteiger partial charge in [0.25, 0.3) is 0 Å². The van der Waals surface area contributed by atoms with E-state index >= 15 is 0 Å². The van der Waals surface area contributed by atoms with Crippen molar-refractivity contribution in [2.45, 2.75) is 52.7 Å². The lowest BCUT2D eigenvalue weighted by Gasteiger charge is -2.35. The maximum atomic E-state index is 12.3. The molecule has 21 heavy (non-hydrogen) atoms. The molecule has 4 atom stereocenters. The lowest BCUT2D eigenvalue weighted by atomic mass is 9.77. The van der Waals surface area contributed by atoms with E-state index in [-0.39, 0.29) is 23.8 Å². The van der Waals surface area contributed by atoms with Gasteiger partial charge in [0.2, 0.25) is 5.78 Å². The summed E-state index contributed by atoms with van der Waals surface area (Å²) in [6.07, 6.45) is 0.562. The summed E-state index contributed by atoms with van der Waals surface area (Å²) in [5.74, 6) is -1.15. The van der Waals surface area contributed by atoms with Gasteiger partial charge in [-0.2, -0.15) is 0 Å². The Bertz CT molecular complexity index is 413. The molecule has 0 heterocycles. The van der Waals surface area contributed by atoms with E-state index in [1.807, 2.05) is 27.7 Å². The van der Waals surface area contributed by atoms with Crippen molar-refractivity contribution < 1.29 is 24.5 Å². The van der Waals surface area contributed by atoms with E-state index in [1.165, 1.54) is 6.08 Å². The van der Waals surface area contributed by atoms with E-state index in [0.717, 1.165) is 6.42 Å². The molecule has 0 saturated heterocycles. The molecule has 1 aliphatic carbocycles. The quantitative estimate of drug-likeness (QED) is 0.725. The Morgan fingerprint density at radius 3 is 2.48 bits per heavy atom. The number of aliphatic hydroxyl groups excluding tert-OH is 2. The molecule has 4 unspecified atom stereocenters. The van der Waals surface area contributed by atoms with Crippen molar-refractivity contribution in [1.82, 2.24) is 0 Å². The molecule has 2 N–H and O–H groups in total. The van der Waals surface area contributed by atoms with E-state index in [4.69, 9.17) is 4.74 Å². The average molecular weight is 298 g/mol. The first-order chi connectivity index (χ1) is 9.81. The van der Waals surface area contributed by atoms with E-state index in [1.54, 1.807) is 0 Å². The van der Waals surface area contributed by atoms with E-state index < -0.39 is 36.5 Å². The highest BCUT2D eigenvalue weighted by Crippen LogP contribution is 2.30. The summed E-state index contributed by atoms with van der Waals surface area (Å²) in [6.45, 7) is 7.21. The summed E-state index contributed by atoms with van der Waals surface area (Å²) < 4.78 is 5.35. The van der Waals surface area contributed by atoms with Crippen LogP contribution in [0, 0.1) is 17.8 Å². The molecule has 0 spiro atoms. The highest BCUT2D eigenvalue weighted by Gasteiger charge is 2.42. The molecule has 1 aliphatic rings. The first-order valence-electron chi connectivity index (χ1n) is 7.55. The first-order valence-corrected chi connectivity index (χ1v) is 7.55. The fourth-order valence-electron chi connectivity index (χ4n) is 2.56. The Hall–Kier alpha value is -1.20. The maximum Gasteiger partial charge on any atom is 0.306 e. The Morgan fingerprint density at radius 1 is 1.38 bits per heavy atom. The second kappa shape index (κ2) is 7.71. The maximum absolute atomic E-state index is 12.3. The van der Waals surface area contributed by atoms with Gasteiger partial charge in [-0.1, -0.05) is 34.1 Å². The number of ketones is 1. The monoisotopic (exact) mass is 298 g/mol. The van der Waals surface area contributed by atoms with Gasteiger partial charge in [-0.05, 0) is 17.9 Å². The fourth-order valence-corrected chi connectivity index (χ4v) is 2.56. The fraction of sp³-hybridized carbons (Fsp3) is 0.750. The van der Waals surface area contributed by atoms with Crippen LogP contribution in [0.15, 0.2) is 11.6 Å². The van der Waals surface area contributed by atoms with Gasteiger partial charge in [-0.15, -0.1) is 0 Å². The number of hydrogen-bond donors (Lipinski definition) is 2. The van der Waals surface area contributed by atoms with Gasteiger partial charge in [0.1, 0.15) is 0 Å². The first kappa shape index (κ1) is 17.9. The third-order valence-corrected chi connectivity index (χ3v) is 4.10. The number of Topliss-reactive ketones (excluding diaryl/α,β-unsaturated/α-hetero) is 1. The minimum Gasteiger partial charge on any atom is -0.454 e. The number of ether oxygens (including phenoxy) is 1. The third kappa shape index (κ3) is 4.38. The number of carbonyl (C=O) groups is 2. The molecule has 5 heteroatoms. The summed E-state index contributed by atoms with van der Waals surface area (Å²) in [5.41, 5.74) is 0.112. The molecule has 0 fully saturated rings. The molecule has 0 radical (unpaired) electrons. The summed E-state index contributed by atoms with van der Waals surface area (Å²) in [6, 6.07) is 0. The standard InChI is InChI=1S/C16H26O5/c1-5-10(4)6-13(19)21-16-14(9(2)3)12(18)7-11(8-17)15(16)20/h7,9-10,12,14,16-18H,5-6,8H2,1-4H3. The third-order valence-electron chi connectivity index (χ3n) is 4.10. The Labute approximate surface area is 126 Å². The van der Waals surface area contributed by atoms with Crippen molar-refractivity contribution in [3.05, 3.63) is 11.6 Å². The molecule has 0 saturated carbocycles. The van der Waals surface area contributed by atoms with Gasteiger partial charge < -0.3 is 14.9 Å². The molecular formula is C16H26O5. The number of carbonyl (C=O) groups excluding carboxylic acids is 2. The SMILES string of the molecule is CCC(C)CC(=O)OC1C(=O)C(CO)=CC(O)C1C(C)C. The van der Waals surface area contributed by atoms with Crippen LogP contribution in [0.4, 0.5) is 0 Å². The van der Waals surface area contributed by atoms with Crippen molar-refractivity contribution in [3.63, 3.8) is 0 Å². The molecule has 0 aromatic rings. The summed E-state index contributed by atoms with van der Waals surface area (Å²) in [5, 5.41) is 19.3. The molecular weight excluding hydrogens is 272 g/mol. The molecule has 120 valence electrons. The minimum atomic E-state index is -1.01. The van der Waals surface area contributed by atoms with E-state index in [0.29, 0.717) is 0 Å². The van der Waals surface area contributed by atoms with Crippen molar-refractivity contribution in [3.8, 4) is 0 Å². The predicted octanol–water partition coefficient (Wildman–Crippen LogP) is 1.47. The summed E-state index contributed by atoms with van der Waals surface area (Å²) in [4.78, 5) is 24.2. The predicted molar refractivity (Wildman–Crippen MR) is 78.5 cm³/mol. The highest BCUT2D eigenvalue weighted by atomic mass is 16.5. The number of aliphatic hydroxyl groups is 2. The Morgan fingerprint density at radius 2 is 2.00 bits per heavy atom. The van der Waals surface area contributed by atoms with Crippen LogP contribution in [0.2, 0.25) is 0 Å². The van der Waals surface area contributed by atoms with Gasteiger partial charge in [0.15, 0.2) is 6.10 Å². The molecule has 0 aromatic carbocycles. The molecule has 0 aliphatic heterocycles. The summed E-state index contributed by atoms with van der Waals surface area (Å²) in [7, 11) is 0. The lowest BCUT2D eigenvalue weighted by molar-refractivity contribution is -0.162. The smallest absolute Gasteiger partial charge is 0.306 e. The van der Waals surface area contributed by atoms with Gasteiger partial charge >= 0.3 is 5.97 Å². The second-order valence-corrected chi connectivity index (χ2v) is 6.15. The van der Waals surface area contributed by atoms with Crippen LogP contribution in [0.1, 0.15) is 40.5 Å². The highest BCUT2D eigenvalue weighted by molar-refractivity contribution is 6.01. The molecule has 0 amide bonds.